The van der Waals surface area contributed by atoms with Crippen molar-refractivity contribution in [2.75, 3.05) is 6.61 Å². The van der Waals surface area contributed by atoms with E-state index < -0.39 is 5.97 Å². The van der Waals surface area contributed by atoms with Crippen molar-refractivity contribution < 1.29 is 9.53 Å². The molecule has 0 saturated carbocycles. The van der Waals surface area contributed by atoms with Gasteiger partial charge in [-0.15, -0.1) is 11.3 Å². The molecular formula is C9H9NO2S. The number of hydrogen-bond donors (Lipinski definition) is 0. The van der Waals surface area contributed by atoms with Gasteiger partial charge in [0.1, 0.15) is 0 Å². The number of thiazole rings is 1. The molecule has 0 aliphatic carbocycles. The second-order valence-corrected chi connectivity index (χ2v) is 3.12. The van der Waals surface area contributed by atoms with Crippen LogP contribution in [0.5, 0.6) is 0 Å². The van der Waals surface area contributed by atoms with Gasteiger partial charge in [0, 0.05) is 17.0 Å². The molecule has 1 rings (SSSR count). The number of aryl methyl sites for hydroxylation is 1. The second kappa shape index (κ2) is 4.63. The van der Waals surface area contributed by atoms with Gasteiger partial charge in [-0.25, -0.2) is 9.78 Å². The molecule has 0 N–H and O–H groups in total. The van der Waals surface area contributed by atoms with E-state index in [-0.39, 0.29) is 0 Å². The number of rotatable bonds is 1. The smallest absolute Gasteiger partial charge is 0.384 e. The van der Waals surface area contributed by atoms with E-state index in [1.54, 1.807) is 6.92 Å². The van der Waals surface area contributed by atoms with Crippen LogP contribution in [0.25, 0.3) is 0 Å². The van der Waals surface area contributed by atoms with Gasteiger partial charge in [-0.3, -0.25) is 0 Å². The van der Waals surface area contributed by atoms with Crippen molar-refractivity contribution >= 4 is 17.3 Å². The molecule has 1 aromatic rings. The first-order chi connectivity index (χ1) is 6.22. The molecule has 0 aliphatic heterocycles. The van der Waals surface area contributed by atoms with E-state index in [2.05, 4.69) is 21.6 Å². The summed E-state index contributed by atoms with van der Waals surface area (Å²) in [5, 5.41) is 2.53. The van der Waals surface area contributed by atoms with Crippen LogP contribution >= 0.6 is 11.3 Å². The first-order valence-electron chi connectivity index (χ1n) is 3.83. The van der Waals surface area contributed by atoms with Gasteiger partial charge in [-0.2, -0.15) is 0 Å². The maximum Gasteiger partial charge on any atom is 0.384 e. The molecule has 4 heteroatoms. The van der Waals surface area contributed by atoms with Crippen LogP contribution in [0, 0.1) is 18.8 Å². The summed E-state index contributed by atoms with van der Waals surface area (Å²) < 4.78 is 4.63. The zero-order valence-corrected chi connectivity index (χ0v) is 8.27. The van der Waals surface area contributed by atoms with Crippen molar-refractivity contribution in [2.24, 2.45) is 0 Å². The van der Waals surface area contributed by atoms with Crippen molar-refractivity contribution in [2.45, 2.75) is 13.8 Å². The fourth-order valence-electron chi connectivity index (χ4n) is 0.683. The molecule has 68 valence electrons. The zero-order chi connectivity index (χ0) is 9.68. The molecule has 0 aromatic carbocycles. The van der Waals surface area contributed by atoms with E-state index in [0.717, 1.165) is 5.69 Å². The van der Waals surface area contributed by atoms with Gasteiger partial charge in [0.05, 0.1) is 6.61 Å². The molecular weight excluding hydrogens is 186 g/mol. The van der Waals surface area contributed by atoms with Crippen LogP contribution in [0.2, 0.25) is 0 Å². The fourth-order valence-corrected chi connectivity index (χ4v) is 1.32. The summed E-state index contributed by atoms with van der Waals surface area (Å²) in [6.45, 7) is 3.98. The first-order valence-corrected chi connectivity index (χ1v) is 4.71. The molecule has 0 radical (unpaired) electrons. The van der Waals surface area contributed by atoms with E-state index in [0.29, 0.717) is 11.6 Å². The molecule has 1 aromatic heterocycles. The van der Waals surface area contributed by atoms with Crippen LogP contribution in [0.1, 0.15) is 17.6 Å². The lowest BCUT2D eigenvalue weighted by atomic mass is 10.5. The maximum atomic E-state index is 10.8. The van der Waals surface area contributed by atoms with Crippen molar-refractivity contribution in [1.82, 2.24) is 4.98 Å². The monoisotopic (exact) mass is 195 g/mol. The van der Waals surface area contributed by atoms with Crippen LogP contribution in [0.4, 0.5) is 0 Å². The molecule has 13 heavy (non-hydrogen) atoms. The van der Waals surface area contributed by atoms with Crippen LogP contribution in [-0.4, -0.2) is 17.6 Å². The largest absolute Gasteiger partial charge is 0.456 e. The van der Waals surface area contributed by atoms with Gasteiger partial charge in [0.25, 0.3) is 0 Å². The number of aromatic nitrogens is 1. The lowest BCUT2D eigenvalue weighted by molar-refractivity contribution is -0.136. The van der Waals surface area contributed by atoms with E-state index in [1.807, 2.05) is 12.3 Å². The van der Waals surface area contributed by atoms with Crippen molar-refractivity contribution in [1.29, 1.82) is 0 Å². The third-order valence-electron chi connectivity index (χ3n) is 1.17. The Balaban J connectivity index is 2.62. The summed E-state index contributed by atoms with van der Waals surface area (Å²) in [5.74, 6) is 4.48. The normalized spacial score (nSPS) is 8.77. The average Bonchev–Trinajstić information content (AvgIpc) is 2.49. The van der Waals surface area contributed by atoms with Gasteiger partial charge in [-0.05, 0) is 19.8 Å². The standard InChI is InChI=1S/C9H9NO2S/c1-3-12-9(11)5-4-8-10-7(2)6-13-8/h6H,3H2,1-2H3. The molecule has 0 fully saturated rings. The lowest BCUT2D eigenvalue weighted by Crippen LogP contribution is -1.99. The number of hydrogen-bond acceptors (Lipinski definition) is 4. The highest BCUT2D eigenvalue weighted by Gasteiger charge is 1.95. The van der Waals surface area contributed by atoms with E-state index in [1.165, 1.54) is 11.3 Å². The summed E-state index contributed by atoms with van der Waals surface area (Å²) in [4.78, 5) is 14.9. The highest BCUT2D eigenvalue weighted by atomic mass is 32.1. The summed E-state index contributed by atoms with van der Waals surface area (Å²) in [6, 6.07) is 0. The maximum absolute atomic E-state index is 10.8. The Hall–Kier alpha value is -1.34. The Morgan fingerprint density at radius 2 is 2.54 bits per heavy atom. The van der Waals surface area contributed by atoms with E-state index in [9.17, 15) is 4.79 Å². The summed E-state index contributed by atoms with van der Waals surface area (Å²) >= 11 is 1.42. The van der Waals surface area contributed by atoms with E-state index in [4.69, 9.17) is 0 Å². The average molecular weight is 195 g/mol. The summed E-state index contributed by atoms with van der Waals surface area (Å²) in [7, 11) is 0. The molecule has 0 unspecified atom stereocenters. The Labute approximate surface area is 80.8 Å². The Morgan fingerprint density at radius 3 is 3.08 bits per heavy atom. The number of ether oxygens (including phenoxy) is 1. The van der Waals surface area contributed by atoms with Gasteiger partial charge in [0.2, 0.25) is 0 Å². The van der Waals surface area contributed by atoms with Crippen molar-refractivity contribution in [3.63, 3.8) is 0 Å². The van der Waals surface area contributed by atoms with Gasteiger partial charge in [0.15, 0.2) is 5.01 Å². The predicted molar refractivity (Wildman–Crippen MR) is 50.4 cm³/mol. The van der Waals surface area contributed by atoms with Crippen molar-refractivity contribution in [3.8, 4) is 11.8 Å². The summed E-state index contributed by atoms with van der Waals surface area (Å²) in [6.07, 6.45) is 0. The van der Waals surface area contributed by atoms with Gasteiger partial charge >= 0.3 is 5.97 Å². The predicted octanol–water partition coefficient (Wildman–Crippen LogP) is 1.37. The molecule has 1 heterocycles. The molecule has 0 saturated heterocycles. The SMILES string of the molecule is CCOC(=O)C#Cc1nc(C)cs1. The van der Waals surface area contributed by atoms with Gasteiger partial charge < -0.3 is 4.74 Å². The third kappa shape index (κ3) is 3.26. The number of nitrogens with zero attached hydrogens (tertiary/aromatic N) is 1. The van der Waals surface area contributed by atoms with Crippen LogP contribution in [0.3, 0.4) is 0 Å². The minimum Gasteiger partial charge on any atom is -0.456 e. The Bertz CT molecular complexity index is 359. The second-order valence-electron chi connectivity index (χ2n) is 2.26. The quantitative estimate of drug-likeness (QED) is 0.502. The molecule has 3 nitrogen and oxygen atoms in total. The number of carbonyl (C=O) groups is 1. The van der Waals surface area contributed by atoms with Crippen molar-refractivity contribution in [3.05, 3.63) is 16.1 Å². The molecule has 0 aliphatic rings. The minimum atomic E-state index is -0.504. The highest BCUT2D eigenvalue weighted by Crippen LogP contribution is 2.06. The van der Waals surface area contributed by atoms with Crippen LogP contribution < -0.4 is 0 Å². The molecule has 0 spiro atoms. The lowest BCUT2D eigenvalue weighted by Gasteiger charge is -1.89. The first kappa shape index (κ1) is 9.75. The third-order valence-corrected chi connectivity index (χ3v) is 2.04. The fraction of sp³-hybridized carbons (Fsp3) is 0.333. The van der Waals surface area contributed by atoms with Crippen LogP contribution in [-0.2, 0) is 9.53 Å². The van der Waals surface area contributed by atoms with Crippen LogP contribution in [0.15, 0.2) is 5.38 Å². The highest BCUT2D eigenvalue weighted by molar-refractivity contribution is 7.10. The molecule has 0 amide bonds. The zero-order valence-electron chi connectivity index (χ0n) is 7.46. The van der Waals surface area contributed by atoms with Gasteiger partial charge in [-0.1, -0.05) is 0 Å². The Morgan fingerprint density at radius 1 is 1.77 bits per heavy atom. The number of carbonyl (C=O) groups excluding carboxylic acids is 1. The Kier molecular flexibility index (Phi) is 3.47. The molecule has 0 bridgehead atoms. The molecule has 0 atom stereocenters. The minimum absolute atomic E-state index is 0.352. The summed E-state index contributed by atoms with van der Waals surface area (Å²) in [5.41, 5.74) is 0.915. The van der Waals surface area contributed by atoms with E-state index >= 15 is 0 Å². The number of esters is 1. The topological polar surface area (TPSA) is 39.2 Å².